The van der Waals surface area contributed by atoms with Crippen molar-refractivity contribution in [1.29, 1.82) is 0 Å². The lowest BCUT2D eigenvalue weighted by molar-refractivity contribution is -0.131. The van der Waals surface area contributed by atoms with E-state index in [4.69, 9.17) is 4.74 Å². The zero-order valence-electron chi connectivity index (χ0n) is 23.2. The van der Waals surface area contributed by atoms with Crippen LogP contribution in [0.25, 0.3) is 10.8 Å². The van der Waals surface area contributed by atoms with E-state index in [0.717, 1.165) is 61.7 Å². The van der Waals surface area contributed by atoms with Gasteiger partial charge in [0.2, 0.25) is 0 Å². The minimum absolute atomic E-state index is 0.0511. The second-order valence-electron chi connectivity index (χ2n) is 11.8. The van der Waals surface area contributed by atoms with Gasteiger partial charge in [0, 0.05) is 37.0 Å². The van der Waals surface area contributed by atoms with E-state index in [2.05, 4.69) is 61.0 Å². The third-order valence-corrected chi connectivity index (χ3v) is 8.63. The molecule has 2 fully saturated rings. The van der Waals surface area contributed by atoms with Crippen LogP contribution >= 0.6 is 0 Å². The largest absolute Gasteiger partial charge is 0.427 e. The van der Waals surface area contributed by atoms with Gasteiger partial charge in [-0.3, -0.25) is 9.59 Å². The van der Waals surface area contributed by atoms with Crippen molar-refractivity contribution >= 4 is 22.6 Å². The first-order chi connectivity index (χ1) is 18.2. The Balaban J connectivity index is 1.50. The molecule has 0 aromatic heterocycles. The summed E-state index contributed by atoms with van der Waals surface area (Å²) >= 11 is 0. The fourth-order valence-electron chi connectivity index (χ4n) is 6.87. The summed E-state index contributed by atoms with van der Waals surface area (Å²) in [5, 5.41) is 2.25. The number of likely N-dealkylation sites (tertiary alicyclic amines) is 1. The van der Waals surface area contributed by atoms with Crippen LogP contribution in [0.5, 0.6) is 5.75 Å². The average molecular weight is 513 g/mol. The van der Waals surface area contributed by atoms with Gasteiger partial charge in [-0.25, -0.2) is 0 Å². The molecule has 3 aromatic rings. The Labute approximate surface area is 226 Å². The SMILES string of the molecule is CC(=O)Oc1cccc([C@@]23CCN(C)C[C@H]2CC[C@@H](N(CC(C)C)C(=O)c2ccc4ccccc4c2)C3)c1. The van der Waals surface area contributed by atoms with Crippen LogP contribution in [0.3, 0.4) is 0 Å². The van der Waals surface area contributed by atoms with E-state index < -0.39 is 0 Å². The van der Waals surface area contributed by atoms with E-state index in [1.54, 1.807) is 0 Å². The van der Waals surface area contributed by atoms with E-state index in [9.17, 15) is 9.59 Å². The first kappa shape index (κ1) is 26.4. The van der Waals surface area contributed by atoms with Crippen molar-refractivity contribution in [2.75, 3.05) is 26.7 Å². The summed E-state index contributed by atoms with van der Waals surface area (Å²) in [5.41, 5.74) is 1.95. The quantitative estimate of drug-likeness (QED) is 0.287. The van der Waals surface area contributed by atoms with Crippen molar-refractivity contribution in [3.8, 4) is 5.75 Å². The number of carbonyl (C=O) groups is 2. The molecule has 0 radical (unpaired) electrons. The van der Waals surface area contributed by atoms with Crippen LogP contribution in [0.4, 0.5) is 0 Å². The predicted octanol–water partition coefficient (Wildman–Crippen LogP) is 6.31. The molecule has 0 bridgehead atoms. The van der Waals surface area contributed by atoms with Crippen molar-refractivity contribution in [1.82, 2.24) is 9.80 Å². The first-order valence-electron chi connectivity index (χ1n) is 14.0. The zero-order chi connectivity index (χ0) is 26.9. The van der Waals surface area contributed by atoms with E-state index >= 15 is 0 Å². The molecule has 0 N–H and O–H groups in total. The Hall–Kier alpha value is -3.18. The van der Waals surface area contributed by atoms with Crippen molar-refractivity contribution in [3.63, 3.8) is 0 Å². The molecule has 1 amide bonds. The highest BCUT2D eigenvalue weighted by molar-refractivity contribution is 5.98. The maximum Gasteiger partial charge on any atom is 0.308 e. The smallest absolute Gasteiger partial charge is 0.308 e. The predicted molar refractivity (Wildman–Crippen MR) is 152 cm³/mol. The van der Waals surface area contributed by atoms with Gasteiger partial charge < -0.3 is 14.5 Å². The summed E-state index contributed by atoms with van der Waals surface area (Å²) in [6, 6.07) is 22.6. The van der Waals surface area contributed by atoms with E-state index in [1.807, 2.05) is 36.4 Å². The van der Waals surface area contributed by atoms with Gasteiger partial charge in [-0.2, -0.15) is 0 Å². The van der Waals surface area contributed by atoms with Gasteiger partial charge in [0.05, 0.1) is 0 Å². The third-order valence-electron chi connectivity index (χ3n) is 8.63. The highest BCUT2D eigenvalue weighted by Gasteiger charge is 2.49. The molecular weight excluding hydrogens is 472 g/mol. The maximum absolute atomic E-state index is 14.1. The molecule has 0 unspecified atom stereocenters. The van der Waals surface area contributed by atoms with Gasteiger partial charge in [0.1, 0.15) is 5.75 Å². The Bertz CT molecular complexity index is 1320. The molecule has 1 saturated heterocycles. The monoisotopic (exact) mass is 512 g/mol. The Morgan fingerprint density at radius 2 is 1.82 bits per heavy atom. The van der Waals surface area contributed by atoms with Crippen LogP contribution in [0.15, 0.2) is 66.7 Å². The Morgan fingerprint density at radius 3 is 2.58 bits per heavy atom. The van der Waals surface area contributed by atoms with Crippen molar-refractivity contribution in [3.05, 3.63) is 77.9 Å². The lowest BCUT2D eigenvalue weighted by atomic mass is 9.57. The molecular formula is C33H40N2O3. The second kappa shape index (κ2) is 10.9. The van der Waals surface area contributed by atoms with Crippen LogP contribution in [-0.4, -0.2) is 54.4 Å². The molecule has 5 nitrogen and oxygen atoms in total. The normalized spacial score (nSPS) is 23.7. The second-order valence-corrected chi connectivity index (χ2v) is 11.8. The third kappa shape index (κ3) is 5.35. The number of amides is 1. The molecule has 1 aliphatic carbocycles. The molecule has 200 valence electrons. The van der Waals surface area contributed by atoms with Crippen LogP contribution in [-0.2, 0) is 10.2 Å². The van der Waals surface area contributed by atoms with Crippen LogP contribution in [0.2, 0.25) is 0 Å². The topological polar surface area (TPSA) is 49.9 Å². The molecule has 0 spiro atoms. The number of nitrogens with zero attached hydrogens (tertiary/aromatic N) is 2. The number of benzene rings is 3. The summed E-state index contributed by atoms with van der Waals surface area (Å²) in [4.78, 5) is 30.4. The summed E-state index contributed by atoms with van der Waals surface area (Å²) < 4.78 is 5.49. The fourth-order valence-corrected chi connectivity index (χ4v) is 6.87. The van der Waals surface area contributed by atoms with Gasteiger partial charge in [0.15, 0.2) is 0 Å². The first-order valence-corrected chi connectivity index (χ1v) is 14.0. The van der Waals surface area contributed by atoms with Gasteiger partial charge in [-0.05, 0) is 91.7 Å². The minimum atomic E-state index is -0.301. The molecule has 5 heteroatoms. The van der Waals surface area contributed by atoms with Crippen LogP contribution in [0.1, 0.15) is 62.4 Å². The van der Waals surface area contributed by atoms with Gasteiger partial charge in [0.25, 0.3) is 5.91 Å². The number of ether oxygens (including phenoxy) is 1. The molecule has 1 aliphatic heterocycles. The number of hydrogen-bond acceptors (Lipinski definition) is 4. The number of piperidine rings is 1. The van der Waals surface area contributed by atoms with E-state index in [0.29, 0.717) is 17.6 Å². The van der Waals surface area contributed by atoms with E-state index in [-0.39, 0.29) is 23.3 Å². The standard InChI is InChI=1S/C33H40N2O3/c1-23(2)21-35(32(37)27-13-12-25-8-5-6-9-26(25)18-27)30-15-14-29-22-34(4)17-16-33(29,20-30)28-10-7-11-31(19-28)38-24(3)36/h5-13,18-19,23,29-30H,14-17,20-22H2,1-4H3/t29-,30-,33+/m1/s1. The minimum Gasteiger partial charge on any atom is -0.427 e. The molecule has 38 heavy (non-hydrogen) atoms. The molecule has 3 aromatic carbocycles. The lowest BCUT2D eigenvalue weighted by Gasteiger charge is -2.54. The highest BCUT2D eigenvalue weighted by Crippen LogP contribution is 2.50. The van der Waals surface area contributed by atoms with Crippen LogP contribution < -0.4 is 4.74 Å². The van der Waals surface area contributed by atoms with Gasteiger partial charge in [-0.1, -0.05) is 56.3 Å². The van der Waals surface area contributed by atoms with E-state index in [1.165, 1.54) is 12.5 Å². The van der Waals surface area contributed by atoms with Crippen molar-refractivity contribution in [2.45, 2.75) is 57.9 Å². The van der Waals surface area contributed by atoms with Gasteiger partial charge in [-0.15, -0.1) is 0 Å². The molecule has 1 heterocycles. The zero-order valence-corrected chi connectivity index (χ0v) is 23.2. The molecule has 2 aliphatic rings. The van der Waals surface area contributed by atoms with Crippen molar-refractivity contribution < 1.29 is 14.3 Å². The summed E-state index contributed by atoms with van der Waals surface area (Å²) in [6.45, 7) is 8.64. The maximum atomic E-state index is 14.1. The number of fused-ring (bicyclic) bond motifs is 2. The summed E-state index contributed by atoms with van der Waals surface area (Å²) in [7, 11) is 2.21. The highest BCUT2D eigenvalue weighted by atomic mass is 16.5. The number of rotatable bonds is 6. The van der Waals surface area contributed by atoms with Crippen molar-refractivity contribution in [2.24, 2.45) is 11.8 Å². The number of carbonyl (C=O) groups excluding carboxylic acids is 2. The molecule has 1 saturated carbocycles. The fraction of sp³-hybridized carbons (Fsp3) is 0.455. The van der Waals surface area contributed by atoms with Crippen LogP contribution in [0, 0.1) is 11.8 Å². The lowest BCUT2D eigenvalue weighted by Crippen LogP contribution is -2.56. The Kier molecular flexibility index (Phi) is 7.58. The number of hydrogen-bond donors (Lipinski definition) is 0. The summed E-state index contributed by atoms with van der Waals surface area (Å²) in [6.07, 6.45) is 4.05. The average Bonchev–Trinajstić information content (AvgIpc) is 2.90. The van der Waals surface area contributed by atoms with Gasteiger partial charge >= 0.3 is 5.97 Å². The molecule has 5 rings (SSSR count). The molecule has 3 atom stereocenters. The summed E-state index contributed by atoms with van der Waals surface area (Å²) in [5.74, 6) is 1.31. The number of esters is 1. The Morgan fingerprint density at radius 1 is 1.03 bits per heavy atom.